The molecule has 2 unspecified atom stereocenters. The first-order valence-corrected chi connectivity index (χ1v) is 9.71. The lowest BCUT2D eigenvalue weighted by atomic mass is 9.81. The van der Waals surface area contributed by atoms with Crippen LogP contribution in [0.3, 0.4) is 0 Å². The molecular weight excluding hydrogens is 314 g/mol. The number of hydrogen-bond donors (Lipinski definition) is 0. The van der Waals surface area contributed by atoms with Crippen molar-refractivity contribution in [3.63, 3.8) is 0 Å². The van der Waals surface area contributed by atoms with Crippen molar-refractivity contribution in [3.05, 3.63) is 71.8 Å². The van der Waals surface area contributed by atoms with Crippen LogP contribution in [0, 0.1) is 23.7 Å². The van der Waals surface area contributed by atoms with Crippen molar-refractivity contribution in [1.29, 1.82) is 0 Å². The Morgan fingerprint density at radius 3 is 2.27 bits per heavy atom. The molecule has 0 bridgehead atoms. The Labute approximate surface area is 157 Å². The van der Waals surface area contributed by atoms with E-state index in [1.54, 1.807) is 0 Å². The summed E-state index contributed by atoms with van der Waals surface area (Å²) in [5.41, 5.74) is 2.91. The van der Waals surface area contributed by atoms with Gasteiger partial charge in [0.1, 0.15) is 0 Å². The summed E-state index contributed by atoms with van der Waals surface area (Å²) in [7, 11) is 0. The van der Waals surface area contributed by atoms with E-state index in [1.165, 1.54) is 24.8 Å². The molecule has 2 aromatic rings. The fourth-order valence-electron chi connectivity index (χ4n) is 3.90. The van der Waals surface area contributed by atoms with Gasteiger partial charge < -0.3 is 0 Å². The third-order valence-corrected chi connectivity index (χ3v) is 5.59. The molecule has 130 valence electrons. The molecule has 0 amide bonds. The van der Waals surface area contributed by atoms with E-state index < -0.39 is 0 Å². The molecule has 1 heteroatoms. The first-order chi connectivity index (χ1) is 12.9. The van der Waals surface area contributed by atoms with Gasteiger partial charge in [-0.05, 0) is 43.4 Å². The Hall–Kier alpha value is -2.48. The number of hydrogen-bond acceptors (Lipinski definition) is 1. The van der Waals surface area contributed by atoms with Crippen LogP contribution in [-0.4, -0.2) is 16.5 Å². The van der Waals surface area contributed by atoms with E-state index in [0.29, 0.717) is 11.6 Å². The first kappa shape index (κ1) is 17.0. The molecule has 4 rings (SSSR count). The van der Waals surface area contributed by atoms with E-state index in [4.69, 9.17) is 0 Å². The van der Waals surface area contributed by atoms with Gasteiger partial charge in [0, 0.05) is 30.5 Å². The second-order valence-corrected chi connectivity index (χ2v) is 7.32. The van der Waals surface area contributed by atoms with Crippen LogP contribution in [0.2, 0.25) is 0 Å². The summed E-state index contributed by atoms with van der Waals surface area (Å²) >= 11 is 0. The Kier molecular flexibility index (Phi) is 5.10. The molecule has 1 aliphatic heterocycles. The van der Waals surface area contributed by atoms with Crippen molar-refractivity contribution in [2.45, 2.75) is 56.7 Å². The highest BCUT2D eigenvalue weighted by Gasteiger charge is 2.64. The van der Waals surface area contributed by atoms with Gasteiger partial charge in [-0.2, -0.15) is 0 Å². The van der Waals surface area contributed by atoms with Gasteiger partial charge in [-0.15, -0.1) is 5.92 Å². The summed E-state index contributed by atoms with van der Waals surface area (Å²) in [6.07, 6.45) is 6.94. The van der Waals surface area contributed by atoms with Crippen molar-refractivity contribution in [2.75, 3.05) is 0 Å². The Morgan fingerprint density at radius 1 is 0.885 bits per heavy atom. The molecule has 2 fully saturated rings. The van der Waals surface area contributed by atoms with E-state index in [1.807, 2.05) is 18.2 Å². The molecule has 2 aromatic carbocycles. The molecular formula is C25H25N. The molecule has 1 nitrogen and oxygen atoms in total. The zero-order valence-corrected chi connectivity index (χ0v) is 15.2. The van der Waals surface area contributed by atoms with Crippen LogP contribution >= 0.6 is 0 Å². The van der Waals surface area contributed by atoms with Gasteiger partial charge in [0.05, 0.1) is 6.04 Å². The minimum atomic E-state index is 0.413. The highest BCUT2D eigenvalue weighted by atomic mass is 15.4. The van der Waals surface area contributed by atoms with Crippen molar-refractivity contribution in [1.82, 2.24) is 4.90 Å². The van der Waals surface area contributed by atoms with Crippen LogP contribution < -0.4 is 0 Å². The van der Waals surface area contributed by atoms with E-state index in [0.717, 1.165) is 31.4 Å². The first-order valence-electron chi connectivity index (χ1n) is 9.71. The van der Waals surface area contributed by atoms with Crippen LogP contribution in [-0.2, 0) is 6.54 Å². The number of unbranched alkanes of at least 4 members (excludes halogenated alkanes) is 2. The van der Waals surface area contributed by atoms with Crippen LogP contribution in [0.15, 0.2) is 60.7 Å². The third-order valence-electron chi connectivity index (χ3n) is 5.59. The van der Waals surface area contributed by atoms with Gasteiger partial charge in [0.25, 0.3) is 0 Å². The van der Waals surface area contributed by atoms with Crippen LogP contribution in [0.1, 0.15) is 49.7 Å². The summed E-state index contributed by atoms with van der Waals surface area (Å²) in [5, 5.41) is 0. The lowest BCUT2D eigenvalue weighted by Crippen LogP contribution is -2.28. The number of benzene rings is 2. The van der Waals surface area contributed by atoms with Gasteiger partial charge in [0.2, 0.25) is 0 Å². The van der Waals surface area contributed by atoms with E-state index in [2.05, 4.69) is 71.0 Å². The standard InChI is InChI=1S/C25H25N/c1(2-6-13-22-14-7-4-8-15-22)3-11-18-24-25(19-12-20-25)26(24)21-23-16-9-5-10-17-23/h4-5,7-10,14-17,24H,1-3,12,19-21H2. The molecule has 1 saturated carbocycles. The maximum absolute atomic E-state index is 3.56. The van der Waals surface area contributed by atoms with Crippen LogP contribution in [0.5, 0.6) is 0 Å². The molecule has 0 N–H and O–H groups in total. The zero-order valence-electron chi connectivity index (χ0n) is 15.2. The second-order valence-electron chi connectivity index (χ2n) is 7.32. The van der Waals surface area contributed by atoms with Crippen LogP contribution in [0.4, 0.5) is 0 Å². The highest BCUT2D eigenvalue weighted by Crippen LogP contribution is 2.55. The Balaban J connectivity index is 1.25. The predicted molar refractivity (Wildman–Crippen MR) is 107 cm³/mol. The molecule has 1 saturated heterocycles. The van der Waals surface area contributed by atoms with Crippen LogP contribution in [0.25, 0.3) is 0 Å². The normalized spacial score (nSPS) is 21.7. The third kappa shape index (κ3) is 3.70. The largest absolute Gasteiger partial charge is 0.276 e. The number of rotatable bonds is 4. The molecule has 2 atom stereocenters. The molecule has 2 aliphatic rings. The molecule has 0 aromatic heterocycles. The monoisotopic (exact) mass is 339 g/mol. The predicted octanol–water partition coefficient (Wildman–Crippen LogP) is 5.02. The van der Waals surface area contributed by atoms with Gasteiger partial charge in [-0.3, -0.25) is 4.90 Å². The maximum Gasteiger partial charge on any atom is 0.0909 e. The smallest absolute Gasteiger partial charge is 0.0909 e. The highest BCUT2D eigenvalue weighted by molar-refractivity contribution is 5.35. The lowest BCUT2D eigenvalue weighted by molar-refractivity contribution is 0.270. The molecule has 26 heavy (non-hydrogen) atoms. The van der Waals surface area contributed by atoms with Crippen molar-refractivity contribution < 1.29 is 0 Å². The zero-order chi connectivity index (χ0) is 17.7. The van der Waals surface area contributed by atoms with Gasteiger partial charge in [0.15, 0.2) is 0 Å². The lowest BCUT2D eigenvalue weighted by Gasteiger charge is -2.26. The molecule has 1 aliphatic carbocycles. The summed E-state index contributed by atoms with van der Waals surface area (Å²) in [6, 6.07) is 21.5. The number of nitrogens with zero attached hydrogens (tertiary/aromatic N) is 1. The Bertz CT molecular complexity index is 841. The summed E-state index contributed by atoms with van der Waals surface area (Å²) in [4.78, 5) is 2.61. The summed E-state index contributed by atoms with van der Waals surface area (Å²) in [5.74, 6) is 13.5. The average Bonchev–Trinajstić information content (AvgIpc) is 3.30. The van der Waals surface area contributed by atoms with E-state index in [9.17, 15) is 0 Å². The van der Waals surface area contributed by atoms with Crippen molar-refractivity contribution in [3.8, 4) is 23.7 Å². The summed E-state index contributed by atoms with van der Waals surface area (Å²) in [6.45, 7) is 1.04. The summed E-state index contributed by atoms with van der Waals surface area (Å²) < 4.78 is 0. The van der Waals surface area contributed by atoms with E-state index >= 15 is 0 Å². The topological polar surface area (TPSA) is 3.01 Å². The minimum Gasteiger partial charge on any atom is -0.276 e. The molecule has 0 radical (unpaired) electrons. The fraction of sp³-hybridized carbons (Fsp3) is 0.360. The molecule has 1 spiro atoms. The van der Waals surface area contributed by atoms with Crippen molar-refractivity contribution in [2.24, 2.45) is 0 Å². The average molecular weight is 339 g/mol. The van der Waals surface area contributed by atoms with E-state index in [-0.39, 0.29) is 0 Å². The minimum absolute atomic E-state index is 0.413. The maximum atomic E-state index is 3.56. The molecule has 1 heterocycles. The quantitative estimate of drug-likeness (QED) is 0.429. The van der Waals surface area contributed by atoms with Gasteiger partial charge >= 0.3 is 0 Å². The fourth-order valence-corrected chi connectivity index (χ4v) is 3.90. The second kappa shape index (κ2) is 7.82. The SMILES string of the molecule is C(#Cc1ccccc1)CCCC#CC1N(Cc2ccccc2)C12CCC2. The Morgan fingerprint density at radius 2 is 1.58 bits per heavy atom. The van der Waals surface area contributed by atoms with Crippen molar-refractivity contribution >= 4 is 0 Å². The van der Waals surface area contributed by atoms with Gasteiger partial charge in [-0.25, -0.2) is 0 Å². The van der Waals surface area contributed by atoms with Gasteiger partial charge in [-0.1, -0.05) is 66.3 Å².